The second-order valence-corrected chi connectivity index (χ2v) is 5.39. The van der Waals surface area contributed by atoms with E-state index in [9.17, 15) is 0 Å². The lowest BCUT2D eigenvalue weighted by molar-refractivity contribution is 0.284. The summed E-state index contributed by atoms with van der Waals surface area (Å²) in [6.45, 7) is 5.69. The van der Waals surface area contributed by atoms with Gasteiger partial charge >= 0.3 is 0 Å². The van der Waals surface area contributed by atoms with Gasteiger partial charge in [0.05, 0.1) is 0 Å². The van der Waals surface area contributed by atoms with Crippen molar-refractivity contribution < 1.29 is 5.11 Å². The van der Waals surface area contributed by atoms with E-state index >= 15 is 0 Å². The predicted octanol–water partition coefficient (Wildman–Crippen LogP) is 2.71. The van der Waals surface area contributed by atoms with Gasteiger partial charge in [-0.1, -0.05) is 12.1 Å². The molecule has 1 aromatic carbocycles. The Bertz CT molecular complexity index is 358. The third-order valence-electron chi connectivity index (χ3n) is 3.90. The molecule has 0 bridgehead atoms. The lowest BCUT2D eigenvalue weighted by atomic mass is 10.1. The molecule has 0 aromatic heterocycles. The molecular weight excluding hydrogens is 236 g/mol. The highest BCUT2D eigenvalue weighted by molar-refractivity contribution is 5.48. The van der Waals surface area contributed by atoms with Gasteiger partial charge in [-0.05, 0) is 56.8 Å². The minimum Gasteiger partial charge on any atom is -0.396 e. The molecule has 0 aliphatic carbocycles. The summed E-state index contributed by atoms with van der Waals surface area (Å²) in [7, 11) is 0. The Morgan fingerprint density at radius 1 is 1.16 bits per heavy atom. The lowest BCUT2D eigenvalue weighted by Crippen LogP contribution is -2.29. The first-order valence-electron chi connectivity index (χ1n) is 7.50. The van der Waals surface area contributed by atoms with Crippen LogP contribution >= 0.6 is 0 Å². The number of benzene rings is 1. The van der Waals surface area contributed by atoms with Gasteiger partial charge in [-0.15, -0.1) is 0 Å². The molecule has 1 fully saturated rings. The molecular formula is C16H26N2O. The number of piperidine rings is 1. The summed E-state index contributed by atoms with van der Waals surface area (Å²) in [5.41, 5.74) is 2.67. The Morgan fingerprint density at radius 3 is 2.47 bits per heavy atom. The Kier molecular flexibility index (Phi) is 5.67. The second-order valence-electron chi connectivity index (χ2n) is 5.39. The van der Waals surface area contributed by atoms with Crippen molar-refractivity contribution in [1.82, 2.24) is 5.32 Å². The number of hydrogen-bond acceptors (Lipinski definition) is 3. The molecule has 0 spiro atoms. The normalized spacial score (nSPS) is 17.5. The average molecular weight is 262 g/mol. The van der Waals surface area contributed by atoms with E-state index in [1.54, 1.807) is 0 Å². The summed E-state index contributed by atoms with van der Waals surface area (Å²) < 4.78 is 0. The molecule has 1 aromatic rings. The molecule has 3 nitrogen and oxygen atoms in total. The van der Waals surface area contributed by atoms with Gasteiger partial charge < -0.3 is 15.3 Å². The van der Waals surface area contributed by atoms with Crippen LogP contribution in [0.5, 0.6) is 0 Å². The molecule has 106 valence electrons. The van der Waals surface area contributed by atoms with Gasteiger partial charge in [-0.3, -0.25) is 0 Å². The molecule has 2 rings (SSSR count). The number of hydrogen-bond donors (Lipinski definition) is 2. The molecule has 1 heterocycles. The third kappa shape index (κ3) is 4.22. The molecule has 1 unspecified atom stereocenters. The standard InChI is InChI=1S/C16H26N2O/c1-14(17-10-5-13-19)15-6-8-16(9-7-15)18-11-3-2-4-12-18/h6-9,14,17,19H,2-5,10-13H2,1H3. The van der Waals surface area contributed by atoms with Crippen molar-refractivity contribution in [3.63, 3.8) is 0 Å². The first-order chi connectivity index (χ1) is 9.31. The Hall–Kier alpha value is -1.06. The van der Waals surface area contributed by atoms with Gasteiger partial charge in [0.25, 0.3) is 0 Å². The second kappa shape index (κ2) is 7.51. The van der Waals surface area contributed by atoms with E-state index in [-0.39, 0.29) is 6.61 Å². The first kappa shape index (κ1) is 14.4. The summed E-state index contributed by atoms with van der Waals surface area (Å²) in [4.78, 5) is 2.48. The monoisotopic (exact) mass is 262 g/mol. The van der Waals surface area contributed by atoms with Crippen LogP contribution in [0.25, 0.3) is 0 Å². The summed E-state index contributed by atoms with van der Waals surface area (Å²) in [6, 6.07) is 9.28. The smallest absolute Gasteiger partial charge is 0.0443 e. The van der Waals surface area contributed by atoms with Gasteiger partial charge in [0.15, 0.2) is 0 Å². The quantitative estimate of drug-likeness (QED) is 0.774. The zero-order valence-corrected chi connectivity index (χ0v) is 11.9. The van der Waals surface area contributed by atoms with Crippen LogP contribution in [0, 0.1) is 0 Å². The fraction of sp³-hybridized carbons (Fsp3) is 0.625. The molecule has 3 heteroatoms. The van der Waals surface area contributed by atoms with E-state index in [2.05, 4.69) is 41.4 Å². The molecule has 0 radical (unpaired) electrons. The molecule has 1 aliphatic rings. The highest BCUT2D eigenvalue weighted by atomic mass is 16.3. The van der Waals surface area contributed by atoms with Crippen LogP contribution in [0.2, 0.25) is 0 Å². The molecule has 0 amide bonds. The molecule has 2 N–H and O–H groups in total. The third-order valence-corrected chi connectivity index (χ3v) is 3.90. The van der Waals surface area contributed by atoms with Crippen LogP contribution in [-0.4, -0.2) is 31.3 Å². The molecule has 0 saturated carbocycles. The summed E-state index contributed by atoms with van der Waals surface area (Å²) in [5.74, 6) is 0. The van der Waals surface area contributed by atoms with Crippen LogP contribution in [0.15, 0.2) is 24.3 Å². The van der Waals surface area contributed by atoms with Gasteiger partial charge in [0.2, 0.25) is 0 Å². The SMILES string of the molecule is CC(NCCCO)c1ccc(N2CCCCC2)cc1. The highest BCUT2D eigenvalue weighted by Gasteiger charge is 2.11. The Morgan fingerprint density at radius 2 is 1.84 bits per heavy atom. The van der Waals surface area contributed by atoms with Crippen LogP contribution in [-0.2, 0) is 0 Å². The highest BCUT2D eigenvalue weighted by Crippen LogP contribution is 2.22. The number of nitrogens with zero attached hydrogens (tertiary/aromatic N) is 1. The summed E-state index contributed by atoms with van der Waals surface area (Å²) in [6.07, 6.45) is 4.83. The minimum absolute atomic E-state index is 0.258. The maximum absolute atomic E-state index is 8.78. The zero-order valence-electron chi connectivity index (χ0n) is 11.9. The van der Waals surface area contributed by atoms with Gasteiger partial charge in [0.1, 0.15) is 0 Å². The van der Waals surface area contributed by atoms with E-state index in [1.807, 2.05) is 0 Å². The van der Waals surface area contributed by atoms with Crippen molar-refractivity contribution in [2.75, 3.05) is 31.1 Å². The maximum Gasteiger partial charge on any atom is 0.0443 e. The number of anilines is 1. The summed E-state index contributed by atoms with van der Waals surface area (Å²) in [5, 5.41) is 12.2. The fourth-order valence-corrected chi connectivity index (χ4v) is 2.64. The van der Waals surface area contributed by atoms with Crippen LogP contribution in [0.1, 0.15) is 44.2 Å². The van der Waals surface area contributed by atoms with Gasteiger partial charge in [-0.25, -0.2) is 0 Å². The Balaban J connectivity index is 1.89. The van der Waals surface area contributed by atoms with E-state index in [0.717, 1.165) is 13.0 Å². The van der Waals surface area contributed by atoms with E-state index in [1.165, 1.54) is 43.6 Å². The van der Waals surface area contributed by atoms with E-state index < -0.39 is 0 Å². The largest absolute Gasteiger partial charge is 0.396 e. The van der Waals surface area contributed by atoms with Crippen LogP contribution in [0.3, 0.4) is 0 Å². The van der Waals surface area contributed by atoms with Crippen molar-refractivity contribution in [3.05, 3.63) is 29.8 Å². The van der Waals surface area contributed by atoms with Crippen molar-refractivity contribution >= 4 is 5.69 Å². The minimum atomic E-state index is 0.258. The van der Waals surface area contributed by atoms with Crippen LogP contribution < -0.4 is 10.2 Å². The molecule has 1 aliphatic heterocycles. The molecule has 19 heavy (non-hydrogen) atoms. The summed E-state index contributed by atoms with van der Waals surface area (Å²) >= 11 is 0. The van der Waals surface area contributed by atoms with Crippen LogP contribution in [0.4, 0.5) is 5.69 Å². The van der Waals surface area contributed by atoms with Crippen molar-refractivity contribution in [1.29, 1.82) is 0 Å². The lowest BCUT2D eigenvalue weighted by Gasteiger charge is -2.29. The van der Waals surface area contributed by atoms with Gasteiger partial charge in [0, 0.05) is 31.4 Å². The maximum atomic E-state index is 8.78. The van der Waals surface area contributed by atoms with Crippen molar-refractivity contribution in [2.45, 2.75) is 38.6 Å². The van der Waals surface area contributed by atoms with E-state index in [0.29, 0.717) is 6.04 Å². The predicted molar refractivity (Wildman–Crippen MR) is 80.6 cm³/mol. The molecule has 1 atom stereocenters. The number of aliphatic hydroxyl groups is 1. The number of nitrogens with one attached hydrogen (secondary N) is 1. The van der Waals surface area contributed by atoms with Gasteiger partial charge in [-0.2, -0.15) is 0 Å². The molecule has 1 saturated heterocycles. The average Bonchev–Trinajstić information content (AvgIpc) is 2.48. The van der Waals surface area contributed by atoms with E-state index in [4.69, 9.17) is 5.11 Å². The fourth-order valence-electron chi connectivity index (χ4n) is 2.64. The first-order valence-corrected chi connectivity index (χ1v) is 7.50. The number of aliphatic hydroxyl groups excluding tert-OH is 1. The topological polar surface area (TPSA) is 35.5 Å². The Labute approximate surface area is 116 Å². The van der Waals surface area contributed by atoms with Crippen molar-refractivity contribution in [2.24, 2.45) is 0 Å². The van der Waals surface area contributed by atoms with Crippen molar-refractivity contribution in [3.8, 4) is 0 Å². The zero-order chi connectivity index (χ0) is 13.5. The number of rotatable bonds is 6.